The second-order valence-corrected chi connectivity index (χ2v) is 13.2. The van der Waals surface area contributed by atoms with Gasteiger partial charge in [0.15, 0.2) is 8.32 Å². The first kappa shape index (κ1) is 20.1. The van der Waals surface area contributed by atoms with Gasteiger partial charge in [-0.1, -0.05) is 36.7 Å². The molecule has 0 amide bonds. The fraction of sp³-hybridized carbons (Fsp3) is 0.929. The zero-order valence-corrected chi connectivity index (χ0v) is 16.3. The Morgan fingerprint density at radius 1 is 1.30 bits per heavy atom. The average molecular weight is 369 g/mol. The number of ether oxygens (including phenoxy) is 1. The van der Waals surface area contributed by atoms with Crippen molar-refractivity contribution in [1.82, 2.24) is 0 Å². The Labute approximate surface area is 132 Å². The molecule has 20 heavy (non-hydrogen) atoms. The molecule has 1 N–H and O–H groups in total. The van der Waals surface area contributed by atoms with Gasteiger partial charge >= 0.3 is 5.97 Å². The van der Waals surface area contributed by atoms with Gasteiger partial charge in [0.1, 0.15) is 4.32 Å². The monoisotopic (exact) mass is 368 g/mol. The van der Waals surface area contributed by atoms with Crippen LogP contribution in [0.2, 0.25) is 18.1 Å². The Bertz CT molecular complexity index is 324. The number of hydrogen-bond acceptors (Lipinski definition) is 4. The molecule has 2 atom stereocenters. The molecule has 6 heteroatoms. The first-order valence-electron chi connectivity index (χ1n) is 7.04. The number of aliphatic hydroxyl groups is 1. The number of esters is 1. The molecule has 0 fully saturated rings. The molecule has 0 spiro atoms. The maximum Gasteiger partial charge on any atom is 0.325 e. The molecular weight excluding hydrogens is 340 g/mol. The van der Waals surface area contributed by atoms with E-state index in [1.807, 2.05) is 0 Å². The summed E-state index contributed by atoms with van der Waals surface area (Å²) < 4.78 is 9.87. The molecule has 0 radical (unpaired) electrons. The summed E-state index contributed by atoms with van der Waals surface area (Å²) in [5.74, 6) is -0.445. The van der Waals surface area contributed by atoms with Crippen LogP contribution in [-0.4, -0.2) is 43.0 Å². The molecule has 0 aliphatic carbocycles. The van der Waals surface area contributed by atoms with Crippen LogP contribution >= 0.6 is 15.9 Å². The van der Waals surface area contributed by atoms with E-state index >= 15 is 0 Å². The number of carbonyl (C=O) groups is 1. The molecule has 0 aromatic rings. The Balaban J connectivity index is 4.43. The average Bonchev–Trinajstić information content (AvgIpc) is 2.27. The van der Waals surface area contributed by atoms with Gasteiger partial charge < -0.3 is 14.3 Å². The van der Waals surface area contributed by atoms with E-state index in [9.17, 15) is 9.90 Å². The lowest BCUT2D eigenvalue weighted by atomic mass is 10.0. The number of aliphatic hydroxyl groups excluding tert-OH is 1. The summed E-state index contributed by atoms with van der Waals surface area (Å²) >= 11 is 3.27. The molecule has 120 valence electrons. The molecule has 0 aliphatic rings. The van der Waals surface area contributed by atoms with Crippen LogP contribution in [0.1, 0.15) is 41.0 Å². The highest BCUT2D eigenvalue weighted by atomic mass is 79.9. The molecule has 0 rings (SSSR count). The van der Waals surface area contributed by atoms with E-state index in [-0.39, 0.29) is 5.04 Å². The van der Waals surface area contributed by atoms with Crippen molar-refractivity contribution in [1.29, 1.82) is 0 Å². The van der Waals surface area contributed by atoms with E-state index in [1.165, 1.54) is 0 Å². The summed E-state index contributed by atoms with van der Waals surface area (Å²) in [4.78, 5) is 11.8. The van der Waals surface area contributed by atoms with Gasteiger partial charge in [0.25, 0.3) is 0 Å². The topological polar surface area (TPSA) is 55.8 Å². The van der Waals surface area contributed by atoms with Crippen LogP contribution < -0.4 is 0 Å². The lowest BCUT2D eigenvalue weighted by Gasteiger charge is -2.36. The Kier molecular flexibility index (Phi) is 7.41. The van der Waals surface area contributed by atoms with Gasteiger partial charge in [0.05, 0.1) is 12.7 Å². The molecule has 0 aromatic carbocycles. The van der Waals surface area contributed by atoms with E-state index < -0.39 is 24.7 Å². The third-order valence-electron chi connectivity index (χ3n) is 3.96. The molecule has 0 aliphatic heterocycles. The van der Waals surface area contributed by atoms with E-state index in [2.05, 4.69) is 49.8 Å². The molecule has 0 heterocycles. The molecule has 0 aromatic heterocycles. The van der Waals surface area contributed by atoms with Gasteiger partial charge in [-0.15, -0.1) is 0 Å². The van der Waals surface area contributed by atoms with Crippen molar-refractivity contribution in [2.75, 3.05) is 13.2 Å². The Morgan fingerprint density at radius 2 is 1.80 bits per heavy atom. The largest absolute Gasteiger partial charge is 0.465 e. The Morgan fingerprint density at radius 3 is 2.20 bits per heavy atom. The molecule has 0 bridgehead atoms. The number of hydrogen-bond donors (Lipinski definition) is 1. The number of carbonyl (C=O) groups excluding carboxylic acids is 1. The van der Waals surface area contributed by atoms with Crippen molar-refractivity contribution in [3.63, 3.8) is 0 Å². The van der Waals surface area contributed by atoms with Crippen LogP contribution in [0.25, 0.3) is 0 Å². The second kappa shape index (κ2) is 7.38. The van der Waals surface area contributed by atoms with Crippen molar-refractivity contribution in [3.05, 3.63) is 0 Å². The van der Waals surface area contributed by atoms with Crippen LogP contribution in [0.15, 0.2) is 0 Å². The van der Waals surface area contributed by atoms with Crippen LogP contribution in [0, 0.1) is 0 Å². The highest BCUT2D eigenvalue weighted by Crippen LogP contribution is 2.37. The fourth-order valence-corrected chi connectivity index (χ4v) is 2.73. The van der Waals surface area contributed by atoms with Crippen molar-refractivity contribution in [3.8, 4) is 0 Å². The minimum atomic E-state index is -1.82. The van der Waals surface area contributed by atoms with Gasteiger partial charge in [-0.05, 0) is 38.4 Å². The first-order valence-corrected chi connectivity index (χ1v) is 10.7. The van der Waals surface area contributed by atoms with Gasteiger partial charge in [0, 0.05) is 6.61 Å². The Hall–Kier alpha value is 0.0869. The van der Waals surface area contributed by atoms with Gasteiger partial charge in [0.2, 0.25) is 0 Å². The number of rotatable bonds is 7. The highest BCUT2D eigenvalue weighted by molar-refractivity contribution is 9.10. The highest BCUT2D eigenvalue weighted by Gasteiger charge is 2.41. The predicted molar refractivity (Wildman–Crippen MR) is 87.7 cm³/mol. The quantitative estimate of drug-likeness (QED) is 0.424. The standard InChI is InChI=1S/C14H29BrO4Si/c1-8-18-12(17)14(5,15)11(16)9-10-19-20(6,7)13(2,3)4/h11,16H,8-10H2,1-7H3/t11-,14?/m0/s1. The van der Waals surface area contributed by atoms with Crippen molar-refractivity contribution in [2.45, 2.75) is 69.6 Å². The van der Waals surface area contributed by atoms with Crippen molar-refractivity contribution < 1.29 is 19.1 Å². The lowest BCUT2D eigenvalue weighted by Crippen LogP contribution is -2.45. The summed E-state index contributed by atoms with van der Waals surface area (Å²) in [7, 11) is -1.82. The summed E-state index contributed by atoms with van der Waals surface area (Å²) in [6.07, 6.45) is -0.445. The van der Waals surface area contributed by atoms with Crippen molar-refractivity contribution in [2.24, 2.45) is 0 Å². The predicted octanol–water partition coefficient (Wildman–Crippen LogP) is 3.48. The first-order chi connectivity index (χ1) is 8.86. The summed E-state index contributed by atoms with van der Waals surface area (Å²) in [5, 5.41) is 10.3. The van der Waals surface area contributed by atoms with E-state index in [4.69, 9.17) is 9.16 Å². The number of alkyl halides is 1. The van der Waals surface area contributed by atoms with Gasteiger partial charge in [-0.3, -0.25) is 4.79 Å². The molecule has 0 saturated carbocycles. The summed E-state index contributed by atoms with van der Waals surface area (Å²) in [6.45, 7) is 15.0. The van der Waals surface area contributed by atoms with Gasteiger partial charge in [-0.25, -0.2) is 0 Å². The fourth-order valence-electron chi connectivity index (χ4n) is 1.32. The van der Waals surface area contributed by atoms with Crippen LogP contribution in [-0.2, 0) is 14.0 Å². The molecule has 1 unspecified atom stereocenters. The molecular formula is C14H29BrO4Si. The van der Waals surface area contributed by atoms with Crippen LogP contribution in [0.3, 0.4) is 0 Å². The minimum Gasteiger partial charge on any atom is -0.465 e. The molecule has 0 saturated heterocycles. The zero-order valence-electron chi connectivity index (χ0n) is 13.7. The van der Waals surface area contributed by atoms with Crippen LogP contribution in [0.5, 0.6) is 0 Å². The van der Waals surface area contributed by atoms with Gasteiger partial charge in [-0.2, -0.15) is 0 Å². The van der Waals surface area contributed by atoms with E-state index in [0.29, 0.717) is 19.6 Å². The van der Waals surface area contributed by atoms with Crippen molar-refractivity contribution >= 4 is 30.2 Å². The third-order valence-corrected chi connectivity index (χ3v) is 9.35. The third kappa shape index (κ3) is 5.46. The van der Waals surface area contributed by atoms with E-state index in [1.54, 1.807) is 13.8 Å². The molecule has 4 nitrogen and oxygen atoms in total. The number of halogens is 1. The van der Waals surface area contributed by atoms with E-state index in [0.717, 1.165) is 0 Å². The second-order valence-electron chi connectivity index (χ2n) is 6.71. The summed E-state index contributed by atoms with van der Waals surface area (Å²) in [6, 6.07) is 0. The minimum absolute atomic E-state index is 0.136. The van der Waals surface area contributed by atoms with Crippen LogP contribution in [0.4, 0.5) is 0 Å². The normalized spacial score (nSPS) is 17.4. The summed E-state index contributed by atoms with van der Waals surface area (Å²) in [5.41, 5.74) is 0. The maximum atomic E-state index is 11.8. The zero-order chi connectivity index (χ0) is 16.2. The lowest BCUT2D eigenvalue weighted by molar-refractivity contribution is -0.148. The smallest absolute Gasteiger partial charge is 0.325 e. The SMILES string of the molecule is CCOC(=O)C(C)(Br)[C@@H](O)CCO[Si](C)(C)C(C)(C)C. The maximum absolute atomic E-state index is 11.8.